The van der Waals surface area contributed by atoms with Crippen molar-refractivity contribution in [2.24, 2.45) is 0 Å². The predicted molar refractivity (Wildman–Crippen MR) is 118 cm³/mol. The van der Waals surface area contributed by atoms with Gasteiger partial charge in [0, 0.05) is 35.0 Å². The Kier molecular flexibility index (Phi) is 5.69. The molecular weight excluding hydrogens is 416 g/mol. The Morgan fingerprint density at radius 1 is 1.16 bits per heavy atom. The molecule has 31 heavy (non-hydrogen) atoms. The van der Waals surface area contributed by atoms with Gasteiger partial charge in [-0.25, -0.2) is 4.79 Å². The molecule has 0 aliphatic carbocycles. The number of thioether (sulfide) groups is 1. The van der Waals surface area contributed by atoms with Crippen molar-refractivity contribution >= 4 is 46.9 Å². The maximum absolute atomic E-state index is 13.0. The Hall–Kier alpha value is -3.33. The lowest BCUT2D eigenvalue weighted by Crippen LogP contribution is -2.46. The lowest BCUT2D eigenvalue weighted by atomic mass is 10.1. The van der Waals surface area contributed by atoms with E-state index in [0.717, 1.165) is 12.1 Å². The highest BCUT2D eigenvalue weighted by Gasteiger charge is 2.41. The Morgan fingerprint density at radius 3 is 2.68 bits per heavy atom. The van der Waals surface area contributed by atoms with Gasteiger partial charge in [-0.05, 0) is 43.7 Å². The van der Waals surface area contributed by atoms with Gasteiger partial charge in [0.05, 0.1) is 5.56 Å². The average Bonchev–Trinajstić information content (AvgIpc) is 3.29. The molecule has 3 N–H and O–H groups in total. The molecule has 8 nitrogen and oxygen atoms in total. The zero-order valence-corrected chi connectivity index (χ0v) is 17.8. The van der Waals surface area contributed by atoms with E-state index in [-0.39, 0.29) is 23.5 Å². The van der Waals surface area contributed by atoms with Crippen molar-refractivity contribution in [2.45, 2.75) is 30.2 Å². The quantitative estimate of drug-likeness (QED) is 0.475. The van der Waals surface area contributed by atoms with Crippen LogP contribution in [0.3, 0.4) is 0 Å². The summed E-state index contributed by atoms with van der Waals surface area (Å²) in [4.78, 5) is 50.9. The smallest absolute Gasteiger partial charge is 0.322 e. The minimum absolute atomic E-state index is 0.0850. The first-order valence-corrected chi connectivity index (χ1v) is 10.9. The van der Waals surface area contributed by atoms with E-state index >= 15 is 0 Å². The molecule has 0 unspecified atom stereocenters. The predicted octanol–water partition coefficient (Wildman–Crippen LogP) is 2.76. The van der Waals surface area contributed by atoms with Gasteiger partial charge >= 0.3 is 6.03 Å². The molecule has 9 heteroatoms. The monoisotopic (exact) mass is 438 g/mol. The number of anilines is 2. The molecule has 160 valence electrons. The Bertz CT molecular complexity index is 1070. The van der Waals surface area contributed by atoms with Gasteiger partial charge in [-0.15, -0.1) is 11.8 Å². The van der Waals surface area contributed by atoms with Gasteiger partial charge < -0.3 is 15.5 Å². The summed E-state index contributed by atoms with van der Waals surface area (Å²) in [5, 5.41) is 7.75. The molecule has 1 atom stereocenters. The highest BCUT2D eigenvalue weighted by atomic mass is 32.2. The summed E-state index contributed by atoms with van der Waals surface area (Å²) in [6.45, 7) is 2.33. The third kappa shape index (κ3) is 4.41. The standard InChI is InChI=1S/C22H22N4O4S/c1-22(20(29)24-21(30)25-22)13-31-17-9-3-2-8-16(17)19(28)23-14-6-4-7-15(12-14)26-11-5-10-18(26)27/h2-4,6-9,12H,5,10-11,13H2,1H3,(H,23,28)(H2,24,25,29,30)/t22-/m0/s1. The Balaban J connectivity index is 1.48. The molecule has 0 spiro atoms. The Labute approximate surface area is 183 Å². The van der Waals surface area contributed by atoms with E-state index in [1.807, 2.05) is 12.1 Å². The van der Waals surface area contributed by atoms with Crippen molar-refractivity contribution < 1.29 is 19.2 Å². The molecule has 2 heterocycles. The highest BCUT2D eigenvalue weighted by molar-refractivity contribution is 7.99. The van der Waals surface area contributed by atoms with E-state index in [2.05, 4.69) is 16.0 Å². The maximum atomic E-state index is 13.0. The number of nitrogens with one attached hydrogen (secondary N) is 3. The van der Waals surface area contributed by atoms with Crippen LogP contribution in [-0.4, -0.2) is 41.6 Å². The number of hydrogen-bond donors (Lipinski definition) is 3. The number of nitrogens with zero attached hydrogens (tertiary/aromatic N) is 1. The van der Waals surface area contributed by atoms with Crippen LogP contribution in [0.5, 0.6) is 0 Å². The first kappa shape index (κ1) is 20.9. The molecule has 2 aromatic carbocycles. The van der Waals surface area contributed by atoms with Crippen LogP contribution >= 0.6 is 11.8 Å². The SMILES string of the molecule is C[C@@]1(CSc2ccccc2C(=O)Nc2cccc(N3CCCC3=O)c2)NC(=O)NC1=O. The first-order valence-electron chi connectivity index (χ1n) is 9.93. The summed E-state index contributed by atoms with van der Waals surface area (Å²) in [5.41, 5.74) is 0.779. The zero-order valence-electron chi connectivity index (χ0n) is 16.9. The van der Waals surface area contributed by atoms with Gasteiger partial charge in [-0.2, -0.15) is 0 Å². The molecule has 2 aliphatic heterocycles. The van der Waals surface area contributed by atoms with Gasteiger partial charge in [0.2, 0.25) is 5.91 Å². The van der Waals surface area contributed by atoms with Crippen molar-refractivity contribution in [1.29, 1.82) is 0 Å². The fourth-order valence-electron chi connectivity index (χ4n) is 3.55. The summed E-state index contributed by atoms with van der Waals surface area (Å²) in [5.74, 6) is -0.318. The normalized spacial score (nSPS) is 20.5. The number of urea groups is 1. The summed E-state index contributed by atoms with van der Waals surface area (Å²) >= 11 is 1.32. The third-order valence-electron chi connectivity index (χ3n) is 5.25. The second kappa shape index (κ2) is 8.43. The molecular formula is C22H22N4O4S. The Morgan fingerprint density at radius 2 is 1.97 bits per heavy atom. The third-order valence-corrected chi connectivity index (χ3v) is 6.64. The van der Waals surface area contributed by atoms with E-state index in [9.17, 15) is 19.2 Å². The molecule has 0 bridgehead atoms. The maximum Gasteiger partial charge on any atom is 0.322 e. The average molecular weight is 439 g/mol. The first-order chi connectivity index (χ1) is 14.9. The number of imide groups is 1. The van der Waals surface area contributed by atoms with E-state index in [0.29, 0.717) is 29.1 Å². The fraction of sp³-hybridized carbons (Fsp3) is 0.273. The number of benzene rings is 2. The summed E-state index contributed by atoms with van der Waals surface area (Å²) in [6.07, 6.45) is 1.37. The van der Waals surface area contributed by atoms with Crippen LogP contribution < -0.4 is 20.9 Å². The van der Waals surface area contributed by atoms with E-state index < -0.39 is 11.6 Å². The molecule has 0 saturated carbocycles. The largest absolute Gasteiger partial charge is 0.323 e. The minimum atomic E-state index is -1.04. The van der Waals surface area contributed by atoms with Gasteiger partial charge in [-0.1, -0.05) is 18.2 Å². The van der Waals surface area contributed by atoms with Crippen LogP contribution in [0.25, 0.3) is 0 Å². The van der Waals surface area contributed by atoms with Crippen LogP contribution in [0.4, 0.5) is 16.2 Å². The lowest BCUT2D eigenvalue weighted by molar-refractivity contribution is -0.122. The molecule has 5 amide bonds. The summed E-state index contributed by atoms with van der Waals surface area (Å²) < 4.78 is 0. The second-order valence-electron chi connectivity index (χ2n) is 7.68. The van der Waals surface area contributed by atoms with Crippen molar-refractivity contribution in [3.63, 3.8) is 0 Å². The lowest BCUT2D eigenvalue weighted by Gasteiger charge is -2.20. The zero-order chi connectivity index (χ0) is 22.0. The molecule has 0 aromatic heterocycles. The molecule has 0 radical (unpaired) electrons. The van der Waals surface area contributed by atoms with Gasteiger partial charge in [0.25, 0.3) is 11.8 Å². The molecule has 2 aliphatic rings. The molecule has 2 saturated heterocycles. The molecule has 4 rings (SSSR count). The highest BCUT2D eigenvalue weighted by Crippen LogP contribution is 2.29. The van der Waals surface area contributed by atoms with Gasteiger partial charge in [0.1, 0.15) is 5.54 Å². The van der Waals surface area contributed by atoms with Gasteiger partial charge in [0.15, 0.2) is 0 Å². The summed E-state index contributed by atoms with van der Waals surface area (Å²) in [7, 11) is 0. The van der Waals surface area contributed by atoms with E-state index in [1.165, 1.54) is 11.8 Å². The van der Waals surface area contributed by atoms with Crippen LogP contribution in [0.2, 0.25) is 0 Å². The number of carbonyl (C=O) groups is 4. The van der Waals surface area contributed by atoms with Crippen LogP contribution in [0, 0.1) is 0 Å². The van der Waals surface area contributed by atoms with Crippen molar-refractivity contribution in [1.82, 2.24) is 10.6 Å². The van der Waals surface area contributed by atoms with Crippen molar-refractivity contribution in [3.8, 4) is 0 Å². The van der Waals surface area contributed by atoms with E-state index in [4.69, 9.17) is 0 Å². The van der Waals surface area contributed by atoms with Crippen molar-refractivity contribution in [3.05, 3.63) is 54.1 Å². The topological polar surface area (TPSA) is 108 Å². The minimum Gasteiger partial charge on any atom is -0.323 e. The number of carbonyl (C=O) groups excluding carboxylic acids is 4. The fourth-order valence-corrected chi connectivity index (χ4v) is 4.69. The number of rotatable bonds is 6. The van der Waals surface area contributed by atoms with Crippen LogP contribution in [0.1, 0.15) is 30.1 Å². The van der Waals surface area contributed by atoms with E-state index in [1.54, 1.807) is 48.2 Å². The molecule has 2 fully saturated rings. The van der Waals surface area contributed by atoms with Crippen LogP contribution in [0.15, 0.2) is 53.4 Å². The second-order valence-corrected chi connectivity index (χ2v) is 8.70. The number of amides is 5. The number of hydrogen-bond acceptors (Lipinski definition) is 5. The van der Waals surface area contributed by atoms with Crippen molar-refractivity contribution in [2.75, 3.05) is 22.5 Å². The van der Waals surface area contributed by atoms with Crippen LogP contribution in [-0.2, 0) is 9.59 Å². The summed E-state index contributed by atoms with van der Waals surface area (Å²) in [6, 6.07) is 13.8. The molecule has 2 aromatic rings. The van der Waals surface area contributed by atoms with Gasteiger partial charge in [-0.3, -0.25) is 19.7 Å².